The van der Waals surface area contributed by atoms with Gasteiger partial charge in [-0.1, -0.05) is 36.4 Å². The SMILES string of the molecule is Cc1cccc(N2CCN(CC3(OS(C)(=O)=O)COCc4ccccc43)CC2)c1C. The summed E-state index contributed by atoms with van der Waals surface area (Å²) in [4.78, 5) is 4.70. The molecule has 6 nitrogen and oxygen atoms in total. The molecule has 0 N–H and O–H groups in total. The van der Waals surface area contributed by atoms with Gasteiger partial charge in [0.2, 0.25) is 0 Å². The molecule has 0 aromatic heterocycles. The molecule has 2 aliphatic heterocycles. The van der Waals surface area contributed by atoms with Crippen molar-refractivity contribution in [2.75, 3.05) is 50.5 Å². The summed E-state index contributed by atoms with van der Waals surface area (Å²) in [5.74, 6) is 0. The second kappa shape index (κ2) is 8.30. The highest BCUT2D eigenvalue weighted by Gasteiger charge is 2.43. The Bertz CT molecular complexity index is 1020. The first-order valence-corrected chi connectivity index (χ1v) is 12.2. The third-order valence-corrected chi connectivity index (χ3v) is 6.80. The van der Waals surface area contributed by atoms with Crippen LogP contribution in [0.5, 0.6) is 0 Å². The third kappa shape index (κ3) is 4.39. The predicted molar refractivity (Wildman–Crippen MR) is 118 cm³/mol. The number of anilines is 1. The van der Waals surface area contributed by atoms with Gasteiger partial charge in [0.1, 0.15) is 5.60 Å². The normalized spacial score (nSPS) is 22.7. The lowest BCUT2D eigenvalue weighted by molar-refractivity contribution is -0.0688. The van der Waals surface area contributed by atoms with Crippen LogP contribution in [0.4, 0.5) is 5.69 Å². The first-order valence-electron chi connectivity index (χ1n) is 10.4. The van der Waals surface area contributed by atoms with Crippen molar-refractivity contribution in [2.45, 2.75) is 26.1 Å². The molecule has 7 heteroatoms. The summed E-state index contributed by atoms with van der Waals surface area (Å²) in [5, 5.41) is 0. The van der Waals surface area contributed by atoms with Crippen LogP contribution in [0.1, 0.15) is 22.3 Å². The molecule has 0 spiro atoms. The third-order valence-electron chi connectivity index (χ3n) is 6.18. The van der Waals surface area contributed by atoms with Crippen molar-refractivity contribution in [2.24, 2.45) is 0 Å². The molecule has 1 unspecified atom stereocenters. The Labute approximate surface area is 179 Å². The maximum absolute atomic E-state index is 12.2. The summed E-state index contributed by atoms with van der Waals surface area (Å²) in [6.07, 6.45) is 1.12. The molecule has 2 aromatic rings. The minimum absolute atomic E-state index is 0.230. The zero-order chi connectivity index (χ0) is 21.4. The number of rotatable bonds is 5. The van der Waals surface area contributed by atoms with E-state index >= 15 is 0 Å². The second-order valence-corrected chi connectivity index (χ2v) is 9.99. The van der Waals surface area contributed by atoms with E-state index in [1.54, 1.807) is 0 Å². The van der Waals surface area contributed by atoms with E-state index in [1.807, 2.05) is 24.3 Å². The number of ether oxygens (including phenoxy) is 1. The fourth-order valence-electron chi connectivity index (χ4n) is 4.60. The van der Waals surface area contributed by atoms with E-state index in [0.717, 1.165) is 43.6 Å². The van der Waals surface area contributed by atoms with Crippen LogP contribution in [0.3, 0.4) is 0 Å². The largest absolute Gasteiger partial charge is 0.373 e. The van der Waals surface area contributed by atoms with E-state index in [2.05, 4.69) is 41.8 Å². The fourth-order valence-corrected chi connectivity index (χ4v) is 5.37. The van der Waals surface area contributed by atoms with Crippen LogP contribution >= 0.6 is 0 Å². The molecule has 1 fully saturated rings. The van der Waals surface area contributed by atoms with E-state index in [1.165, 1.54) is 16.8 Å². The topological polar surface area (TPSA) is 59.1 Å². The molecule has 4 rings (SSSR count). The Morgan fingerprint density at radius 2 is 1.77 bits per heavy atom. The molecule has 2 heterocycles. The van der Waals surface area contributed by atoms with Crippen molar-refractivity contribution in [1.29, 1.82) is 0 Å². The molecule has 1 atom stereocenters. The van der Waals surface area contributed by atoms with E-state index in [0.29, 0.717) is 13.2 Å². The number of hydrogen-bond donors (Lipinski definition) is 0. The summed E-state index contributed by atoms with van der Waals surface area (Å²) >= 11 is 0. The zero-order valence-electron chi connectivity index (χ0n) is 17.9. The lowest BCUT2D eigenvalue weighted by Gasteiger charge is -2.44. The maximum Gasteiger partial charge on any atom is 0.265 e. The summed E-state index contributed by atoms with van der Waals surface area (Å²) in [6, 6.07) is 14.3. The van der Waals surface area contributed by atoms with Gasteiger partial charge in [-0.05, 0) is 42.2 Å². The maximum atomic E-state index is 12.2. The highest BCUT2D eigenvalue weighted by molar-refractivity contribution is 7.86. The number of nitrogens with zero attached hydrogens (tertiary/aromatic N) is 2. The highest BCUT2D eigenvalue weighted by atomic mass is 32.2. The van der Waals surface area contributed by atoms with Gasteiger partial charge in [-0.2, -0.15) is 8.42 Å². The Kier molecular flexibility index (Phi) is 5.90. The quantitative estimate of drug-likeness (QED) is 0.680. The van der Waals surface area contributed by atoms with Crippen molar-refractivity contribution in [3.05, 3.63) is 64.7 Å². The molecule has 2 aliphatic rings. The van der Waals surface area contributed by atoms with E-state index < -0.39 is 15.7 Å². The molecule has 0 radical (unpaired) electrons. The summed E-state index contributed by atoms with van der Waals surface area (Å²) in [7, 11) is -3.66. The molecule has 162 valence electrons. The van der Waals surface area contributed by atoms with Crippen molar-refractivity contribution >= 4 is 15.8 Å². The van der Waals surface area contributed by atoms with Crippen molar-refractivity contribution in [1.82, 2.24) is 4.90 Å². The fraction of sp³-hybridized carbons (Fsp3) is 0.478. The average Bonchev–Trinajstić information content (AvgIpc) is 2.70. The lowest BCUT2D eigenvalue weighted by atomic mass is 9.88. The van der Waals surface area contributed by atoms with Crippen LogP contribution < -0.4 is 4.90 Å². The van der Waals surface area contributed by atoms with Crippen molar-refractivity contribution in [3.8, 4) is 0 Å². The molecule has 0 bridgehead atoms. The van der Waals surface area contributed by atoms with Gasteiger partial charge in [0.05, 0.1) is 19.5 Å². The van der Waals surface area contributed by atoms with Gasteiger partial charge in [-0.3, -0.25) is 9.08 Å². The van der Waals surface area contributed by atoms with Gasteiger partial charge in [0.25, 0.3) is 10.1 Å². The van der Waals surface area contributed by atoms with Gasteiger partial charge in [-0.15, -0.1) is 0 Å². The smallest absolute Gasteiger partial charge is 0.265 e. The summed E-state index contributed by atoms with van der Waals surface area (Å²) in [6.45, 7) is 8.96. The monoisotopic (exact) mass is 430 g/mol. The van der Waals surface area contributed by atoms with E-state index in [9.17, 15) is 8.42 Å². The molecule has 1 saturated heterocycles. The zero-order valence-corrected chi connectivity index (χ0v) is 18.7. The minimum atomic E-state index is -3.66. The Morgan fingerprint density at radius 3 is 2.50 bits per heavy atom. The number of benzene rings is 2. The van der Waals surface area contributed by atoms with Gasteiger partial charge in [0, 0.05) is 38.4 Å². The molecule has 0 saturated carbocycles. The molecule has 30 heavy (non-hydrogen) atoms. The summed E-state index contributed by atoms with van der Waals surface area (Å²) in [5.41, 5.74) is 4.79. The molecular weight excluding hydrogens is 400 g/mol. The van der Waals surface area contributed by atoms with Crippen LogP contribution in [0.2, 0.25) is 0 Å². The standard InChI is InChI=1S/C23H30N2O4S/c1-18-7-6-10-22(19(18)2)25-13-11-24(12-14-25)16-23(29-30(3,26)27)17-28-15-20-8-4-5-9-21(20)23/h4-10H,11-17H2,1-3H3. The molecule has 2 aromatic carbocycles. The second-order valence-electron chi connectivity index (χ2n) is 8.41. The first-order chi connectivity index (χ1) is 14.3. The van der Waals surface area contributed by atoms with Crippen molar-refractivity contribution in [3.63, 3.8) is 0 Å². The number of aryl methyl sites for hydroxylation is 1. The highest BCUT2D eigenvalue weighted by Crippen LogP contribution is 2.36. The van der Waals surface area contributed by atoms with Crippen LogP contribution in [-0.4, -0.2) is 58.9 Å². The van der Waals surface area contributed by atoms with Gasteiger partial charge < -0.3 is 9.64 Å². The molecule has 0 amide bonds. The Morgan fingerprint density at radius 1 is 1.03 bits per heavy atom. The Hall–Kier alpha value is -1.93. The van der Waals surface area contributed by atoms with Gasteiger partial charge >= 0.3 is 0 Å². The van der Waals surface area contributed by atoms with Gasteiger partial charge in [0.15, 0.2) is 0 Å². The predicted octanol–water partition coefficient (Wildman–Crippen LogP) is 2.83. The van der Waals surface area contributed by atoms with Crippen molar-refractivity contribution < 1.29 is 17.3 Å². The number of hydrogen-bond acceptors (Lipinski definition) is 6. The number of fused-ring (bicyclic) bond motifs is 1. The first kappa shape index (κ1) is 21.3. The number of piperazine rings is 1. The average molecular weight is 431 g/mol. The molecule has 0 aliphatic carbocycles. The van der Waals surface area contributed by atoms with Crippen LogP contribution in [0.25, 0.3) is 0 Å². The Balaban J connectivity index is 1.54. The van der Waals surface area contributed by atoms with Crippen LogP contribution in [0, 0.1) is 13.8 Å². The van der Waals surface area contributed by atoms with Crippen LogP contribution in [0.15, 0.2) is 42.5 Å². The lowest BCUT2D eigenvalue weighted by Crippen LogP contribution is -2.54. The van der Waals surface area contributed by atoms with E-state index in [-0.39, 0.29) is 6.61 Å². The minimum Gasteiger partial charge on any atom is -0.373 e. The molecular formula is C23H30N2O4S. The van der Waals surface area contributed by atoms with Gasteiger partial charge in [-0.25, -0.2) is 0 Å². The summed E-state index contributed by atoms with van der Waals surface area (Å²) < 4.78 is 35.8. The van der Waals surface area contributed by atoms with E-state index in [4.69, 9.17) is 8.92 Å². The van der Waals surface area contributed by atoms with Crippen LogP contribution in [-0.2, 0) is 31.2 Å².